The average molecular weight is 313 g/mol. The molecule has 0 spiro atoms. The number of rotatable bonds is 5. The van der Waals surface area contributed by atoms with E-state index in [0.717, 1.165) is 0 Å². The first kappa shape index (κ1) is 16.9. The van der Waals surface area contributed by atoms with Crippen LogP contribution in [0.15, 0.2) is 6.20 Å². The first-order valence-electron chi connectivity index (χ1n) is 7.19. The Bertz CT molecular complexity index is 535. The van der Waals surface area contributed by atoms with Crippen molar-refractivity contribution in [1.29, 1.82) is 0 Å². The molecule has 0 bridgehead atoms. The summed E-state index contributed by atoms with van der Waals surface area (Å²) in [6.45, 7) is 8.75. The fourth-order valence-electron chi connectivity index (χ4n) is 2.26. The van der Waals surface area contributed by atoms with Gasteiger partial charge >= 0.3 is 5.97 Å². The summed E-state index contributed by atoms with van der Waals surface area (Å²) in [5.41, 5.74) is -0.580. The van der Waals surface area contributed by atoms with E-state index in [1.54, 1.807) is 38.6 Å². The van der Waals surface area contributed by atoms with Gasteiger partial charge in [0.15, 0.2) is 5.79 Å². The lowest BCUT2D eigenvalue weighted by Gasteiger charge is -2.16. The molecule has 1 saturated heterocycles. The second-order valence-electron chi connectivity index (χ2n) is 6.40. The topological polar surface area (TPSA) is 95.7 Å². The normalized spacial score (nSPS) is 24.5. The molecule has 0 aliphatic carbocycles. The number of carbonyl (C=O) groups excluding carboxylic acids is 1. The number of hydrogen-bond donors (Lipinski definition) is 1. The van der Waals surface area contributed by atoms with E-state index in [4.69, 9.17) is 14.2 Å². The molecule has 8 heteroatoms. The molecule has 1 N–H and O–H groups in total. The molecule has 8 nitrogen and oxygen atoms in total. The van der Waals surface area contributed by atoms with Gasteiger partial charge in [0, 0.05) is 6.92 Å². The average Bonchev–Trinajstić information content (AvgIpc) is 2.91. The first-order chi connectivity index (χ1) is 10.1. The van der Waals surface area contributed by atoms with Crippen molar-refractivity contribution >= 4 is 5.97 Å². The molecule has 1 aliphatic heterocycles. The lowest BCUT2D eigenvalue weighted by Crippen LogP contribution is -2.32. The highest BCUT2D eigenvalue weighted by Gasteiger charge is 2.42. The Morgan fingerprint density at radius 3 is 2.64 bits per heavy atom. The van der Waals surface area contributed by atoms with Crippen molar-refractivity contribution in [1.82, 2.24) is 15.0 Å². The molecule has 1 aliphatic rings. The summed E-state index contributed by atoms with van der Waals surface area (Å²) in [4.78, 5) is 11.0. The highest BCUT2D eigenvalue weighted by molar-refractivity contribution is 5.65. The van der Waals surface area contributed by atoms with Gasteiger partial charge in [-0.15, -0.1) is 5.10 Å². The minimum absolute atomic E-state index is 0.122. The highest BCUT2D eigenvalue weighted by atomic mass is 16.8. The van der Waals surface area contributed by atoms with E-state index in [9.17, 15) is 9.90 Å². The fraction of sp³-hybridized carbons (Fsp3) is 0.786. The summed E-state index contributed by atoms with van der Waals surface area (Å²) in [6, 6.07) is 0. The molecule has 0 radical (unpaired) electrons. The smallest absolute Gasteiger partial charge is 0.302 e. The van der Waals surface area contributed by atoms with Crippen LogP contribution in [0.1, 0.15) is 40.3 Å². The van der Waals surface area contributed by atoms with Gasteiger partial charge < -0.3 is 19.3 Å². The number of hydrogen-bond acceptors (Lipinski definition) is 7. The van der Waals surface area contributed by atoms with Gasteiger partial charge in [-0.1, -0.05) is 5.21 Å². The number of ether oxygens (including phenoxy) is 3. The van der Waals surface area contributed by atoms with Gasteiger partial charge in [-0.2, -0.15) is 0 Å². The third-order valence-corrected chi connectivity index (χ3v) is 3.27. The zero-order valence-electron chi connectivity index (χ0n) is 13.6. The number of nitrogens with zero attached hydrogens (tertiary/aromatic N) is 3. The van der Waals surface area contributed by atoms with Crippen LogP contribution in [0.25, 0.3) is 0 Å². The Kier molecular flexibility index (Phi) is 4.55. The maximum Gasteiger partial charge on any atom is 0.302 e. The molecule has 2 rings (SSSR count). The fourth-order valence-corrected chi connectivity index (χ4v) is 2.26. The van der Waals surface area contributed by atoms with Crippen molar-refractivity contribution < 1.29 is 24.1 Å². The van der Waals surface area contributed by atoms with E-state index in [2.05, 4.69) is 10.3 Å². The van der Waals surface area contributed by atoms with Crippen LogP contribution in [-0.2, 0) is 31.2 Å². The zero-order valence-corrected chi connectivity index (χ0v) is 13.6. The Labute approximate surface area is 129 Å². The SMILES string of the molecule is CC(=O)OC[C@H]1OC(C)(C)O[C@@H]1Cn1cc(C(C)(C)O)nn1. The molecular weight excluding hydrogens is 290 g/mol. The summed E-state index contributed by atoms with van der Waals surface area (Å²) in [5.74, 6) is -1.12. The number of aliphatic hydroxyl groups is 1. The van der Waals surface area contributed by atoms with Crippen molar-refractivity contribution in [2.24, 2.45) is 0 Å². The molecule has 1 fully saturated rings. The minimum atomic E-state index is -1.05. The van der Waals surface area contributed by atoms with Crippen molar-refractivity contribution in [3.05, 3.63) is 11.9 Å². The predicted molar refractivity (Wildman–Crippen MR) is 75.7 cm³/mol. The molecule has 124 valence electrons. The van der Waals surface area contributed by atoms with Crippen molar-refractivity contribution in [2.75, 3.05) is 6.61 Å². The van der Waals surface area contributed by atoms with Crippen LogP contribution in [-0.4, -0.2) is 50.7 Å². The molecule has 2 atom stereocenters. The third kappa shape index (κ3) is 4.25. The Balaban J connectivity index is 2.05. The molecule has 0 amide bonds. The van der Waals surface area contributed by atoms with Gasteiger partial charge in [-0.3, -0.25) is 4.79 Å². The summed E-state index contributed by atoms with van der Waals surface area (Å²) in [6.07, 6.45) is 0.955. The Hall–Kier alpha value is -1.51. The standard InChI is InChI=1S/C14H23N3O5/c1-9(18)20-8-11-10(21-14(4,5)22-11)6-17-7-12(15-16-17)13(2,3)19/h7,10-11,19H,6,8H2,1-5H3/t10-,11-/m1/s1. The molecule has 1 aromatic rings. The number of carbonyl (C=O) groups is 1. The quantitative estimate of drug-likeness (QED) is 0.795. The molecule has 0 unspecified atom stereocenters. The molecule has 0 saturated carbocycles. The lowest BCUT2D eigenvalue weighted by molar-refractivity contribution is -0.158. The summed E-state index contributed by atoms with van der Waals surface area (Å²) < 4.78 is 18.2. The van der Waals surface area contributed by atoms with E-state index < -0.39 is 11.4 Å². The lowest BCUT2D eigenvalue weighted by atomic mass is 10.1. The van der Waals surface area contributed by atoms with Crippen LogP contribution in [0.4, 0.5) is 0 Å². The van der Waals surface area contributed by atoms with Crippen molar-refractivity contribution in [2.45, 2.75) is 64.8 Å². The zero-order chi connectivity index (χ0) is 16.5. The van der Waals surface area contributed by atoms with E-state index in [0.29, 0.717) is 12.2 Å². The summed E-state index contributed by atoms with van der Waals surface area (Å²) >= 11 is 0. The van der Waals surface area contributed by atoms with Gasteiger partial charge in [-0.25, -0.2) is 4.68 Å². The molecule has 2 heterocycles. The minimum Gasteiger partial charge on any atom is -0.463 e. The predicted octanol–water partition coefficient (Wildman–Crippen LogP) is 0.589. The van der Waals surface area contributed by atoms with Gasteiger partial charge in [0.2, 0.25) is 0 Å². The van der Waals surface area contributed by atoms with Gasteiger partial charge in [0.1, 0.15) is 30.1 Å². The van der Waals surface area contributed by atoms with E-state index >= 15 is 0 Å². The van der Waals surface area contributed by atoms with Crippen LogP contribution in [0.5, 0.6) is 0 Å². The second kappa shape index (κ2) is 5.94. The molecule has 1 aromatic heterocycles. The number of esters is 1. The highest BCUT2D eigenvalue weighted by Crippen LogP contribution is 2.29. The van der Waals surface area contributed by atoms with E-state index in [1.165, 1.54) is 6.92 Å². The van der Waals surface area contributed by atoms with Gasteiger partial charge in [-0.05, 0) is 27.7 Å². The van der Waals surface area contributed by atoms with Crippen LogP contribution in [0.2, 0.25) is 0 Å². The summed E-state index contributed by atoms with van der Waals surface area (Å²) in [7, 11) is 0. The van der Waals surface area contributed by atoms with Crippen LogP contribution in [0, 0.1) is 0 Å². The van der Waals surface area contributed by atoms with Crippen LogP contribution < -0.4 is 0 Å². The maximum atomic E-state index is 11.0. The van der Waals surface area contributed by atoms with E-state index in [-0.39, 0.29) is 24.8 Å². The maximum absolute atomic E-state index is 11.0. The van der Waals surface area contributed by atoms with Crippen LogP contribution >= 0.6 is 0 Å². The monoisotopic (exact) mass is 313 g/mol. The second-order valence-corrected chi connectivity index (χ2v) is 6.40. The van der Waals surface area contributed by atoms with Crippen molar-refractivity contribution in [3.8, 4) is 0 Å². The number of aromatic nitrogens is 3. The van der Waals surface area contributed by atoms with E-state index in [1.807, 2.05) is 0 Å². The molecule has 22 heavy (non-hydrogen) atoms. The van der Waals surface area contributed by atoms with Crippen molar-refractivity contribution in [3.63, 3.8) is 0 Å². The Morgan fingerprint density at radius 2 is 2.09 bits per heavy atom. The largest absolute Gasteiger partial charge is 0.463 e. The van der Waals surface area contributed by atoms with Gasteiger partial charge in [0.05, 0.1) is 12.7 Å². The third-order valence-electron chi connectivity index (χ3n) is 3.27. The van der Waals surface area contributed by atoms with Gasteiger partial charge in [0.25, 0.3) is 0 Å². The Morgan fingerprint density at radius 1 is 1.45 bits per heavy atom. The first-order valence-corrected chi connectivity index (χ1v) is 7.19. The van der Waals surface area contributed by atoms with Crippen LogP contribution in [0.3, 0.4) is 0 Å². The molecular formula is C14H23N3O5. The summed E-state index contributed by atoms with van der Waals surface area (Å²) in [5, 5.41) is 17.8. The molecule has 0 aromatic carbocycles.